The van der Waals surface area contributed by atoms with Gasteiger partial charge in [0, 0.05) is 0 Å². The van der Waals surface area contributed by atoms with E-state index in [1.807, 2.05) is 31.2 Å². The minimum Gasteiger partial charge on any atom is -0.481 e. The second-order valence-corrected chi connectivity index (χ2v) is 6.32. The molecule has 1 unspecified atom stereocenters. The Morgan fingerprint density at radius 2 is 1.78 bits per heavy atom. The zero-order valence-electron chi connectivity index (χ0n) is 11.9. The topological polar surface area (TPSA) is 37.3 Å². The Kier molecular flexibility index (Phi) is 4.94. The smallest absolute Gasteiger partial charge is 0.306 e. The molecule has 1 rings (SSSR count). The van der Waals surface area contributed by atoms with Gasteiger partial charge in [-0.2, -0.15) is 0 Å². The van der Waals surface area contributed by atoms with Crippen LogP contribution in [0.15, 0.2) is 24.3 Å². The Morgan fingerprint density at radius 1 is 1.22 bits per heavy atom. The predicted octanol–water partition coefficient (Wildman–Crippen LogP) is 4.06. The Morgan fingerprint density at radius 3 is 2.22 bits per heavy atom. The highest BCUT2D eigenvalue weighted by Crippen LogP contribution is 2.25. The number of benzene rings is 1. The maximum absolute atomic E-state index is 11.3. The summed E-state index contributed by atoms with van der Waals surface area (Å²) in [5, 5.41) is 9.29. The maximum Gasteiger partial charge on any atom is 0.306 e. The van der Waals surface area contributed by atoms with Crippen LogP contribution in [-0.4, -0.2) is 11.1 Å². The van der Waals surface area contributed by atoms with Crippen LogP contribution in [0.1, 0.15) is 44.7 Å². The number of hydrogen-bond acceptors (Lipinski definition) is 1. The molecule has 1 aromatic rings. The minimum atomic E-state index is -0.681. The summed E-state index contributed by atoms with van der Waals surface area (Å²) in [6.07, 6.45) is 2.31. The van der Waals surface area contributed by atoms with Crippen LogP contribution in [0.4, 0.5) is 0 Å². The first kappa shape index (κ1) is 14.7. The normalized spacial score (nSPS) is 13.3. The van der Waals surface area contributed by atoms with E-state index >= 15 is 0 Å². The molecular weight excluding hydrogens is 224 g/mol. The van der Waals surface area contributed by atoms with Crippen molar-refractivity contribution in [2.75, 3.05) is 0 Å². The van der Waals surface area contributed by atoms with Crippen molar-refractivity contribution in [1.82, 2.24) is 0 Å². The molecule has 0 saturated heterocycles. The Hall–Kier alpha value is -1.31. The Balaban J connectivity index is 2.63. The van der Waals surface area contributed by atoms with Crippen LogP contribution in [-0.2, 0) is 11.2 Å². The van der Waals surface area contributed by atoms with Crippen LogP contribution in [0.3, 0.4) is 0 Å². The van der Waals surface area contributed by atoms with Crippen LogP contribution < -0.4 is 0 Å². The molecule has 0 amide bonds. The Labute approximate surface area is 110 Å². The summed E-state index contributed by atoms with van der Waals surface area (Å²) in [5.41, 5.74) is 2.52. The van der Waals surface area contributed by atoms with Gasteiger partial charge in [-0.1, -0.05) is 50.6 Å². The summed E-state index contributed by atoms with van der Waals surface area (Å²) in [6, 6.07) is 8.14. The van der Waals surface area contributed by atoms with Crippen molar-refractivity contribution >= 4 is 5.97 Å². The van der Waals surface area contributed by atoms with Crippen molar-refractivity contribution in [1.29, 1.82) is 0 Å². The fraction of sp³-hybridized carbons (Fsp3) is 0.562. The number of carbonyl (C=O) groups is 1. The van der Waals surface area contributed by atoms with Crippen LogP contribution >= 0.6 is 0 Å². The lowest BCUT2D eigenvalue weighted by Crippen LogP contribution is -2.19. The number of aryl methyl sites for hydroxylation is 1. The molecule has 0 aliphatic carbocycles. The van der Waals surface area contributed by atoms with Crippen molar-refractivity contribution in [2.24, 2.45) is 11.3 Å². The van der Waals surface area contributed by atoms with Gasteiger partial charge in [0.1, 0.15) is 0 Å². The van der Waals surface area contributed by atoms with Crippen molar-refractivity contribution in [3.05, 3.63) is 35.4 Å². The third-order valence-corrected chi connectivity index (χ3v) is 3.19. The molecular formula is C16H24O2. The molecule has 0 fully saturated rings. The first-order valence-electron chi connectivity index (χ1n) is 6.56. The van der Waals surface area contributed by atoms with Crippen LogP contribution in [0.25, 0.3) is 0 Å². The lowest BCUT2D eigenvalue weighted by molar-refractivity contribution is -0.142. The molecule has 100 valence electrons. The summed E-state index contributed by atoms with van der Waals surface area (Å²) >= 11 is 0. The molecule has 18 heavy (non-hydrogen) atoms. The van der Waals surface area contributed by atoms with Gasteiger partial charge in [0.2, 0.25) is 0 Å². The summed E-state index contributed by atoms with van der Waals surface area (Å²) in [7, 11) is 0. The molecule has 0 saturated carbocycles. The van der Waals surface area contributed by atoms with Gasteiger partial charge in [0.25, 0.3) is 0 Å². The number of carboxylic acids is 1. The third kappa shape index (κ3) is 5.35. The molecule has 0 aliphatic rings. The molecule has 2 heteroatoms. The van der Waals surface area contributed by atoms with E-state index in [1.165, 1.54) is 5.56 Å². The van der Waals surface area contributed by atoms with Crippen molar-refractivity contribution in [2.45, 2.75) is 47.0 Å². The molecule has 0 heterocycles. The van der Waals surface area contributed by atoms with E-state index in [0.717, 1.165) is 18.4 Å². The lowest BCUT2D eigenvalue weighted by atomic mass is 9.84. The van der Waals surface area contributed by atoms with Crippen molar-refractivity contribution in [3.8, 4) is 0 Å². The number of aliphatic carboxylic acids is 1. The molecule has 2 nitrogen and oxygen atoms in total. The SMILES string of the molecule is Cc1ccc(CC(CCC(C)(C)C)C(=O)O)cc1. The van der Waals surface area contributed by atoms with E-state index < -0.39 is 5.97 Å². The number of carboxylic acid groups (broad SMARTS) is 1. The third-order valence-electron chi connectivity index (χ3n) is 3.19. The summed E-state index contributed by atoms with van der Waals surface area (Å²) < 4.78 is 0. The van der Waals surface area contributed by atoms with E-state index in [0.29, 0.717) is 6.42 Å². The van der Waals surface area contributed by atoms with E-state index in [4.69, 9.17) is 0 Å². The van der Waals surface area contributed by atoms with E-state index in [-0.39, 0.29) is 11.3 Å². The van der Waals surface area contributed by atoms with Crippen LogP contribution in [0.2, 0.25) is 0 Å². The van der Waals surface area contributed by atoms with Gasteiger partial charge >= 0.3 is 5.97 Å². The first-order chi connectivity index (χ1) is 8.28. The van der Waals surface area contributed by atoms with Crippen molar-refractivity contribution in [3.63, 3.8) is 0 Å². The van der Waals surface area contributed by atoms with Crippen LogP contribution in [0.5, 0.6) is 0 Å². The molecule has 0 radical (unpaired) electrons. The summed E-state index contributed by atoms with van der Waals surface area (Å²) in [6.45, 7) is 8.49. The second kappa shape index (κ2) is 6.03. The quantitative estimate of drug-likeness (QED) is 0.853. The largest absolute Gasteiger partial charge is 0.481 e. The van der Waals surface area contributed by atoms with E-state index in [9.17, 15) is 9.90 Å². The molecule has 1 N–H and O–H groups in total. The van der Waals surface area contributed by atoms with E-state index in [2.05, 4.69) is 20.8 Å². The van der Waals surface area contributed by atoms with Gasteiger partial charge in [0.15, 0.2) is 0 Å². The molecule has 0 spiro atoms. The number of hydrogen-bond donors (Lipinski definition) is 1. The van der Waals surface area contributed by atoms with Gasteiger partial charge in [-0.3, -0.25) is 4.79 Å². The molecule has 0 aliphatic heterocycles. The summed E-state index contributed by atoms with van der Waals surface area (Å²) in [5.74, 6) is -0.952. The fourth-order valence-corrected chi connectivity index (χ4v) is 1.93. The highest BCUT2D eigenvalue weighted by Gasteiger charge is 2.21. The first-order valence-corrected chi connectivity index (χ1v) is 6.56. The standard InChI is InChI=1S/C16H24O2/c1-12-5-7-13(8-6-12)11-14(15(17)18)9-10-16(2,3)4/h5-8,14H,9-11H2,1-4H3,(H,17,18). The highest BCUT2D eigenvalue weighted by molar-refractivity contribution is 5.70. The molecule has 1 aromatic carbocycles. The molecule has 0 bridgehead atoms. The zero-order valence-corrected chi connectivity index (χ0v) is 11.9. The van der Waals surface area contributed by atoms with E-state index in [1.54, 1.807) is 0 Å². The predicted molar refractivity (Wildman–Crippen MR) is 74.7 cm³/mol. The Bertz CT molecular complexity index is 385. The highest BCUT2D eigenvalue weighted by atomic mass is 16.4. The minimum absolute atomic E-state index is 0.195. The van der Waals surface area contributed by atoms with Gasteiger partial charge in [0.05, 0.1) is 5.92 Å². The molecule has 0 aromatic heterocycles. The van der Waals surface area contributed by atoms with Crippen molar-refractivity contribution < 1.29 is 9.90 Å². The van der Waals surface area contributed by atoms with Gasteiger partial charge in [-0.05, 0) is 37.2 Å². The summed E-state index contributed by atoms with van der Waals surface area (Å²) in [4.78, 5) is 11.3. The van der Waals surface area contributed by atoms with Gasteiger partial charge in [-0.25, -0.2) is 0 Å². The van der Waals surface area contributed by atoms with Gasteiger partial charge in [-0.15, -0.1) is 0 Å². The van der Waals surface area contributed by atoms with Crippen LogP contribution in [0, 0.1) is 18.3 Å². The fourth-order valence-electron chi connectivity index (χ4n) is 1.93. The average molecular weight is 248 g/mol. The number of rotatable bonds is 5. The monoisotopic (exact) mass is 248 g/mol. The van der Waals surface area contributed by atoms with Gasteiger partial charge < -0.3 is 5.11 Å². The lowest BCUT2D eigenvalue weighted by Gasteiger charge is -2.21. The molecule has 1 atom stereocenters. The average Bonchev–Trinajstić information content (AvgIpc) is 2.25. The zero-order chi connectivity index (χ0) is 13.8. The second-order valence-electron chi connectivity index (χ2n) is 6.32. The maximum atomic E-state index is 11.3.